The molecular formula is C60H39N3. The second-order valence-corrected chi connectivity index (χ2v) is 16.2. The van der Waals surface area contributed by atoms with Crippen LogP contribution in [0.1, 0.15) is 0 Å². The lowest BCUT2D eigenvalue weighted by molar-refractivity contribution is 1.01. The largest absolute Gasteiger partial charge is 0.278 e. The first-order valence-electron chi connectivity index (χ1n) is 21.5. The van der Waals surface area contributed by atoms with Gasteiger partial charge >= 0.3 is 0 Å². The van der Waals surface area contributed by atoms with Crippen molar-refractivity contribution in [2.24, 2.45) is 0 Å². The topological polar surface area (TPSA) is 30.7 Å². The van der Waals surface area contributed by atoms with Crippen LogP contribution in [0.25, 0.3) is 116 Å². The zero-order valence-corrected chi connectivity index (χ0v) is 34.4. The van der Waals surface area contributed by atoms with Crippen LogP contribution in [0.3, 0.4) is 0 Å². The summed E-state index contributed by atoms with van der Waals surface area (Å²) in [5.41, 5.74) is 16.6. The van der Waals surface area contributed by atoms with Crippen molar-refractivity contribution < 1.29 is 0 Å². The molecule has 10 aromatic carbocycles. The second kappa shape index (κ2) is 15.3. The van der Waals surface area contributed by atoms with Crippen LogP contribution in [0.15, 0.2) is 237 Å². The molecule has 0 saturated carbocycles. The van der Waals surface area contributed by atoms with E-state index in [1.165, 1.54) is 38.6 Å². The van der Waals surface area contributed by atoms with E-state index in [4.69, 9.17) is 9.97 Å². The van der Waals surface area contributed by atoms with Crippen LogP contribution < -0.4 is 0 Å². The first-order chi connectivity index (χ1) is 31.2. The van der Waals surface area contributed by atoms with Crippen LogP contribution in [0.4, 0.5) is 0 Å². The fraction of sp³-hybridized carbons (Fsp3) is 0. The summed E-state index contributed by atoms with van der Waals surface area (Å²) < 4.78 is 2.27. The summed E-state index contributed by atoms with van der Waals surface area (Å²) in [5.74, 6) is 0.635. The van der Waals surface area contributed by atoms with E-state index in [1.807, 2.05) is 0 Å². The van der Waals surface area contributed by atoms with Crippen molar-refractivity contribution in [3.8, 4) is 72.8 Å². The molecular weight excluding hydrogens is 763 g/mol. The van der Waals surface area contributed by atoms with Crippen LogP contribution in [0.5, 0.6) is 0 Å². The van der Waals surface area contributed by atoms with Gasteiger partial charge in [-0.2, -0.15) is 0 Å². The van der Waals surface area contributed by atoms with Gasteiger partial charge in [0.1, 0.15) is 0 Å². The van der Waals surface area contributed by atoms with E-state index < -0.39 is 0 Å². The van der Waals surface area contributed by atoms with E-state index in [-0.39, 0.29) is 0 Å². The molecule has 0 aliphatic heterocycles. The summed E-state index contributed by atoms with van der Waals surface area (Å²) in [6.07, 6.45) is 0. The van der Waals surface area contributed by atoms with Gasteiger partial charge in [0.25, 0.3) is 0 Å². The van der Waals surface area contributed by atoms with Gasteiger partial charge in [0, 0.05) is 21.7 Å². The minimum Gasteiger partial charge on any atom is -0.278 e. The maximum Gasteiger partial charge on any atom is 0.235 e. The molecule has 0 unspecified atom stereocenters. The third kappa shape index (κ3) is 6.55. The van der Waals surface area contributed by atoms with Gasteiger partial charge in [-0.3, -0.25) is 4.57 Å². The fourth-order valence-corrected chi connectivity index (χ4v) is 9.23. The Morgan fingerprint density at radius 3 is 1.30 bits per heavy atom. The highest BCUT2D eigenvalue weighted by Crippen LogP contribution is 2.41. The lowest BCUT2D eigenvalue weighted by Crippen LogP contribution is -2.04. The first kappa shape index (κ1) is 36.5. The molecule has 0 aliphatic carbocycles. The molecule has 3 nitrogen and oxygen atoms in total. The quantitative estimate of drug-likeness (QED) is 0.161. The normalized spacial score (nSPS) is 11.5. The molecule has 0 aliphatic rings. The molecule has 12 aromatic rings. The number of rotatable bonds is 7. The van der Waals surface area contributed by atoms with Crippen LogP contribution >= 0.6 is 0 Å². The average Bonchev–Trinajstić information content (AvgIpc) is 3.68. The Kier molecular flexibility index (Phi) is 8.83. The predicted octanol–water partition coefficient (Wildman–Crippen LogP) is 15.9. The zero-order valence-electron chi connectivity index (χ0n) is 34.4. The van der Waals surface area contributed by atoms with Gasteiger partial charge in [-0.15, -0.1) is 0 Å². The average molecular weight is 802 g/mol. The summed E-state index contributed by atoms with van der Waals surface area (Å²) in [6, 6.07) is 84.7. The molecule has 2 heterocycles. The molecule has 12 rings (SSSR count). The van der Waals surface area contributed by atoms with Crippen LogP contribution in [-0.2, 0) is 0 Å². The maximum absolute atomic E-state index is 5.56. The lowest BCUT2D eigenvalue weighted by atomic mass is 9.91. The standard InChI is InChI=1S/C60H39N3/c1-5-15-40(16-6-1)42-25-27-44(28-26-42)50-33-34-57-53(36-50)54-35-48-23-13-14-24-49(48)37-58(54)63(57)60-61-56-39-52(45-19-9-3-10-20-45)51(38-55(56)59(62-60)47-21-11-4-12-22-47)46-31-29-43(30-32-46)41-17-7-2-8-18-41/h1-39H. The summed E-state index contributed by atoms with van der Waals surface area (Å²) >= 11 is 0. The highest BCUT2D eigenvalue weighted by atomic mass is 15.2. The highest BCUT2D eigenvalue weighted by Gasteiger charge is 2.21. The third-order valence-corrected chi connectivity index (χ3v) is 12.4. The van der Waals surface area contributed by atoms with E-state index in [9.17, 15) is 0 Å². The Morgan fingerprint density at radius 1 is 0.270 bits per heavy atom. The smallest absolute Gasteiger partial charge is 0.235 e. The van der Waals surface area contributed by atoms with Crippen molar-refractivity contribution in [1.29, 1.82) is 0 Å². The van der Waals surface area contributed by atoms with Gasteiger partial charge in [0.15, 0.2) is 0 Å². The van der Waals surface area contributed by atoms with Gasteiger partial charge in [0.05, 0.1) is 22.2 Å². The summed E-state index contributed by atoms with van der Waals surface area (Å²) in [4.78, 5) is 11.1. The third-order valence-electron chi connectivity index (χ3n) is 12.4. The monoisotopic (exact) mass is 801 g/mol. The summed E-state index contributed by atoms with van der Waals surface area (Å²) in [7, 11) is 0. The first-order valence-corrected chi connectivity index (χ1v) is 21.5. The Balaban J connectivity index is 1.09. The van der Waals surface area contributed by atoms with E-state index in [0.717, 1.165) is 71.8 Å². The minimum absolute atomic E-state index is 0.635. The van der Waals surface area contributed by atoms with E-state index in [2.05, 4.69) is 241 Å². The van der Waals surface area contributed by atoms with Gasteiger partial charge in [0.2, 0.25) is 5.95 Å². The predicted molar refractivity (Wildman–Crippen MR) is 264 cm³/mol. The van der Waals surface area contributed by atoms with Crippen molar-refractivity contribution in [1.82, 2.24) is 14.5 Å². The molecule has 0 saturated heterocycles. The molecule has 0 atom stereocenters. The Hall–Kier alpha value is -8.40. The zero-order chi connectivity index (χ0) is 41.7. The maximum atomic E-state index is 5.56. The molecule has 2 aromatic heterocycles. The minimum atomic E-state index is 0.635. The molecule has 3 heteroatoms. The molecule has 0 bridgehead atoms. The number of hydrogen-bond acceptors (Lipinski definition) is 2. The van der Waals surface area contributed by atoms with Gasteiger partial charge in [-0.25, -0.2) is 9.97 Å². The molecule has 294 valence electrons. The fourth-order valence-electron chi connectivity index (χ4n) is 9.23. The SMILES string of the molecule is c1ccc(-c2ccc(-c3ccc4c(c3)c3cc5ccccc5cc3n4-c3nc(-c4ccccc4)c4cc(-c5ccc(-c6ccccc6)cc5)c(-c5ccccc5)cc4n3)cc2)cc1. The van der Waals surface area contributed by atoms with Crippen molar-refractivity contribution in [3.05, 3.63) is 237 Å². The van der Waals surface area contributed by atoms with Crippen molar-refractivity contribution in [2.75, 3.05) is 0 Å². The van der Waals surface area contributed by atoms with Gasteiger partial charge in [-0.1, -0.05) is 200 Å². The Morgan fingerprint density at radius 2 is 0.698 bits per heavy atom. The summed E-state index contributed by atoms with van der Waals surface area (Å²) in [5, 5.41) is 5.69. The van der Waals surface area contributed by atoms with Crippen LogP contribution in [-0.4, -0.2) is 14.5 Å². The molecule has 0 amide bonds. The molecule has 63 heavy (non-hydrogen) atoms. The number of benzene rings is 10. The van der Waals surface area contributed by atoms with Crippen LogP contribution in [0, 0.1) is 0 Å². The van der Waals surface area contributed by atoms with E-state index >= 15 is 0 Å². The molecule has 0 fully saturated rings. The van der Waals surface area contributed by atoms with Gasteiger partial charge < -0.3 is 0 Å². The van der Waals surface area contributed by atoms with E-state index in [1.54, 1.807) is 0 Å². The highest BCUT2D eigenvalue weighted by molar-refractivity contribution is 6.14. The number of hydrogen-bond donors (Lipinski definition) is 0. The lowest BCUT2D eigenvalue weighted by Gasteiger charge is -2.17. The Labute approximate surface area is 365 Å². The number of fused-ring (bicyclic) bond motifs is 5. The molecule has 0 spiro atoms. The van der Waals surface area contributed by atoms with Crippen LogP contribution in [0.2, 0.25) is 0 Å². The van der Waals surface area contributed by atoms with Crippen molar-refractivity contribution >= 4 is 43.5 Å². The van der Waals surface area contributed by atoms with Crippen molar-refractivity contribution in [3.63, 3.8) is 0 Å². The second-order valence-electron chi connectivity index (χ2n) is 16.2. The van der Waals surface area contributed by atoms with E-state index in [0.29, 0.717) is 5.95 Å². The Bertz CT molecular complexity index is 3620. The van der Waals surface area contributed by atoms with Crippen molar-refractivity contribution in [2.45, 2.75) is 0 Å². The number of nitrogens with zero attached hydrogens (tertiary/aromatic N) is 3. The molecule has 0 radical (unpaired) electrons. The number of aromatic nitrogens is 3. The molecule has 0 N–H and O–H groups in total. The summed E-state index contributed by atoms with van der Waals surface area (Å²) in [6.45, 7) is 0. The van der Waals surface area contributed by atoms with Gasteiger partial charge in [-0.05, 0) is 103 Å².